The summed E-state index contributed by atoms with van der Waals surface area (Å²) in [5.41, 5.74) is 2.18. The van der Waals surface area contributed by atoms with Crippen LogP contribution in [0.15, 0.2) is 85.2 Å². The van der Waals surface area contributed by atoms with Gasteiger partial charge in [-0.3, -0.25) is 9.59 Å². The Morgan fingerprint density at radius 2 is 1.12 bits per heavy atom. The zero-order chi connectivity index (χ0) is 22.6. The van der Waals surface area contributed by atoms with Gasteiger partial charge < -0.3 is 10.6 Å². The fourth-order valence-electron chi connectivity index (χ4n) is 3.85. The maximum Gasteiger partial charge on any atom is 0.229 e. The summed E-state index contributed by atoms with van der Waals surface area (Å²) in [6, 6.07) is 23.4. The molecule has 0 radical (unpaired) electrons. The van der Waals surface area contributed by atoms with Crippen LogP contribution in [-0.4, -0.2) is 31.4 Å². The number of amides is 2. The number of hydrogen-bond acceptors (Lipinski definition) is 4. The monoisotopic (exact) mass is 440 g/mol. The third-order valence-corrected chi connectivity index (χ3v) is 5.75. The molecule has 2 N–H and O–H groups in total. The number of anilines is 2. The van der Waals surface area contributed by atoms with E-state index in [-0.39, 0.29) is 23.7 Å². The van der Waals surface area contributed by atoms with Crippen molar-refractivity contribution in [3.05, 3.63) is 96.3 Å². The second-order valence-corrected chi connectivity index (χ2v) is 8.15. The third kappa shape index (κ3) is 4.85. The van der Waals surface area contributed by atoms with Crippen LogP contribution in [0.3, 0.4) is 0 Å². The smallest absolute Gasteiger partial charge is 0.229 e. The highest BCUT2D eigenvalue weighted by Crippen LogP contribution is 2.40. The molecule has 2 atom stereocenters. The van der Waals surface area contributed by atoms with Crippen molar-refractivity contribution in [2.45, 2.75) is 19.5 Å². The lowest BCUT2D eigenvalue weighted by molar-refractivity contribution is -0.122. The van der Waals surface area contributed by atoms with E-state index in [2.05, 4.69) is 20.8 Å². The van der Waals surface area contributed by atoms with Gasteiger partial charge in [-0.05, 0) is 17.5 Å². The number of aromatic nitrogens is 4. The normalized spacial score (nSPS) is 16.8. The molecular weight excluding hydrogens is 416 g/mol. The third-order valence-electron chi connectivity index (χ3n) is 5.75. The molecule has 33 heavy (non-hydrogen) atoms. The van der Waals surface area contributed by atoms with Crippen LogP contribution in [0.1, 0.15) is 17.5 Å². The average molecular weight is 441 g/mol. The number of nitrogens with zero attached hydrogens (tertiary/aromatic N) is 4. The maximum atomic E-state index is 12.8. The van der Waals surface area contributed by atoms with E-state index in [0.717, 1.165) is 11.1 Å². The summed E-state index contributed by atoms with van der Waals surface area (Å²) in [6.45, 7) is 1.12. The van der Waals surface area contributed by atoms with E-state index in [9.17, 15) is 9.59 Å². The second-order valence-electron chi connectivity index (χ2n) is 8.15. The highest BCUT2D eigenvalue weighted by atomic mass is 16.2. The van der Waals surface area contributed by atoms with Crippen molar-refractivity contribution in [2.75, 3.05) is 10.6 Å². The van der Waals surface area contributed by atoms with Gasteiger partial charge in [0.2, 0.25) is 11.8 Å². The molecule has 0 unspecified atom stereocenters. The Kier molecular flexibility index (Phi) is 5.72. The van der Waals surface area contributed by atoms with Crippen LogP contribution in [0.5, 0.6) is 0 Å². The van der Waals surface area contributed by atoms with E-state index < -0.39 is 0 Å². The molecule has 1 aliphatic rings. The van der Waals surface area contributed by atoms with Crippen molar-refractivity contribution in [3.8, 4) is 0 Å². The molecule has 5 rings (SSSR count). The number of carbonyl (C=O) groups is 2. The van der Waals surface area contributed by atoms with Crippen LogP contribution >= 0.6 is 0 Å². The Balaban J connectivity index is 1.17. The maximum absolute atomic E-state index is 12.8. The van der Waals surface area contributed by atoms with Crippen LogP contribution in [-0.2, 0) is 22.7 Å². The number of hydrogen-bond donors (Lipinski definition) is 2. The minimum atomic E-state index is -0.351. The molecule has 0 saturated heterocycles. The number of nitrogens with one attached hydrogen (secondary N) is 2. The largest absolute Gasteiger partial charge is 0.311 e. The Morgan fingerprint density at radius 1 is 0.697 bits per heavy atom. The fraction of sp³-hybridized carbons (Fsp3) is 0.200. The molecule has 4 aromatic rings. The summed E-state index contributed by atoms with van der Waals surface area (Å²) in [6.07, 6.45) is 3.84. The van der Waals surface area contributed by atoms with E-state index in [1.54, 1.807) is 33.9 Å². The lowest BCUT2D eigenvalue weighted by Gasteiger charge is -2.10. The van der Waals surface area contributed by atoms with Crippen LogP contribution < -0.4 is 10.6 Å². The van der Waals surface area contributed by atoms with Gasteiger partial charge >= 0.3 is 0 Å². The predicted molar refractivity (Wildman–Crippen MR) is 124 cm³/mol. The molecule has 1 fully saturated rings. The summed E-state index contributed by atoms with van der Waals surface area (Å²) >= 11 is 0. The van der Waals surface area contributed by atoms with Crippen LogP contribution in [0.4, 0.5) is 11.6 Å². The summed E-state index contributed by atoms with van der Waals surface area (Å²) in [7, 11) is 0. The van der Waals surface area contributed by atoms with Gasteiger partial charge in [-0.1, -0.05) is 60.7 Å². The minimum absolute atomic E-state index is 0.164. The summed E-state index contributed by atoms with van der Waals surface area (Å²) in [5, 5.41) is 14.5. The molecule has 8 heteroatoms. The van der Waals surface area contributed by atoms with E-state index in [1.165, 1.54) is 0 Å². The Hall–Kier alpha value is -4.20. The fourth-order valence-corrected chi connectivity index (χ4v) is 3.85. The van der Waals surface area contributed by atoms with Gasteiger partial charge in [-0.15, -0.1) is 0 Å². The second kappa shape index (κ2) is 9.12. The van der Waals surface area contributed by atoms with E-state index in [0.29, 0.717) is 31.1 Å². The topological polar surface area (TPSA) is 93.8 Å². The molecule has 0 bridgehead atoms. The zero-order valence-electron chi connectivity index (χ0n) is 18.0. The Labute approximate surface area is 191 Å². The van der Waals surface area contributed by atoms with Gasteiger partial charge in [0.25, 0.3) is 0 Å². The lowest BCUT2D eigenvalue weighted by atomic mass is 10.2. The average Bonchev–Trinajstić information content (AvgIpc) is 3.37. The van der Waals surface area contributed by atoms with Gasteiger partial charge in [-0.2, -0.15) is 10.2 Å². The van der Waals surface area contributed by atoms with Crippen LogP contribution in [0.25, 0.3) is 0 Å². The van der Waals surface area contributed by atoms with Gasteiger partial charge in [0.1, 0.15) is 11.6 Å². The van der Waals surface area contributed by atoms with Crippen molar-refractivity contribution < 1.29 is 9.59 Å². The predicted octanol–water partition coefficient (Wildman–Crippen LogP) is 3.39. The molecule has 1 aliphatic carbocycles. The van der Waals surface area contributed by atoms with Crippen molar-refractivity contribution in [1.29, 1.82) is 0 Å². The van der Waals surface area contributed by atoms with E-state index in [1.807, 2.05) is 60.7 Å². The molecule has 0 aliphatic heterocycles. The number of benzene rings is 2. The minimum Gasteiger partial charge on any atom is -0.311 e. The van der Waals surface area contributed by atoms with Crippen molar-refractivity contribution in [3.63, 3.8) is 0 Å². The molecule has 2 aromatic carbocycles. The summed E-state index contributed by atoms with van der Waals surface area (Å²) in [4.78, 5) is 25.5. The first-order valence-electron chi connectivity index (χ1n) is 10.9. The van der Waals surface area contributed by atoms with Gasteiger partial charge in [-0.25, -0.2) is 9.36 Å². The highest BCUT2D eigenvalue weighted by molar-refractivity contribution is 6.02. The number of carbonyl (C=O) groups excluding carboxylic acids is 2. The Bertz CT molecular complexity index is 1150. The molecule has 166 valence electrons. The van der Waals surface area contributed by atoms with Crippen LogP contribution in [0.2, 0.25) is 0 Å². The molecule has 2 heterocycles. The van der Waals surface area contributed by atoms with Gasteiger partial charge in [0, 0.05) is 12.1 Å². The van der Waals surface area contributed by atoms with Crippen molar-refractivity contribution >= 4 is 23.5 Å². The highest BCUT2D eigenvalue weighted by Gasteiger charge is 2.48. The molecule has 2 aromatic heterocycles. The van der Waals surface area contributed by atoms with Crippen molar-refractivity contribution in [1.82, 2.24) is 19.6 Å². The quantitative estimate of drug-likeness (QED) is 0.439. The molecule has 8 nitrogen and oxygen atoms in total. The molecular formula is C25H24N6O2. The first-order chi connectivity index (χ1) is 16.2. The standard InChI is InChI=1S/C25H24N6O2/c32-24(28-22-11-13-26-30(22)16-18-7-3-1-4-8-18)20-15-21(20)25(33)29-23-12-14-27-31(23)17-19-9-5-2-6-10-19/h1-14,20-21H,15-17H2,(H,28,32)(H,29,33)/t20-,21-/m0/s1. The van der Waals surface area contributed by atoms with Gasteiger partial charge in [0.15, 0.2) is 0 Å². The molecule has 0 spiro atoms. The summed E-state index contributed by atoms with van der Waals surface area (Å²) < 4.78 is 3.49. The Morgan fingerprint density at radius 3 is 1.55 bits per heavy atom. The van der Waals surface area contributed by atoms with Crippen molar-refractivity contribution in [2.24, 2.45) is 11.8 Å². The zero-order valence-corrected chi connectivity index (χ0v) is 18.0. The SMILES string of the molecule is O=C(Nc1ccnn1Cc1ccccc1)[C@H]1C[C@@H]1C(=O)Nc1ccnn1Cc1ccccc1. The van der Waals surface area contributed by atoms with Gasteiger partial charge in [0.05, 0.1) is 37.3 Å². The number of rotatable bonds is 8. The molecule has 1 saturated carbocycles. The lowest BCUT2D eigenvalue weighted by Crippen LogP contribution is -2.23. The van der Waals surface area contributed by atoms with Crippen LogP contribution in [0, 0.1) is 11.8 Å². The van der Waals surface area contributed by atoms with E-state index in [4.69, 9.17) is 0 Å². The first-order valence-corrected chi connectivity index (χ1v) is 10.9. The first kappa shape index (κ1) is 20.7. The van der Waals surface area contributed by atoms with E-state index >= 15 is 0 Å². The molecule has 2 amide bonds. The summed E-state index contributed by atoms with van der Waals surface area (Å²) in [5.74, 6) is 0.211.